The number of ether oxygens (including phenoxy) is 2. The van der Waals surface area contributed by atoms with Crippen LogP contribution in [0.25, 0.3) is 0 Å². The molecule has 0 saturated heterocycles. The fourth-order valence-electron chi connectivity index (χ4n) is 4.55. The number of hydrogen-bond acceptors (Lipinski definition) is 6. The van der Waals surface area contributed by atoms with E-state index >= 15 is 0 Å². The van der Waals surface area contributed by atoms with E-state index in [0.717, 1.165) is 22.9 Å². The Kier molecular flexibility index (Phi) is 7.09. The van der Waals surface area contributed by atoms with Crippen LogP contribution in [0.5, 0.6) is 0 Å². The molecule has 4 rings (SSSR count). The minimum Gasteiger partial charge on any atom is -0.463 e. The van der Waals surface area contributed by atoms with E-state index in [1.54, 1.807) is 13.0 Å². The summed E-state index contributed by atoms with van der Waals surface area (Å²) in [7, 11) is 0. The summed E-state index contributed by atoms with van der Waals surface area (Å²) < 4.78 is 13.5. The van der Waals surface area contributed by atoms with E-state index < -0.39 is 11.9 Å². The molecule has 0 spiro atoms. The van der Waals surface area contributed by atoms with Gasteiger partial charge in [-0.3, -0.25) is 4.79 Å². The highest BCUT2D eigenvalue weighted by atomic mass is 35.5. The zero-order valence-electron chi connectivity index (χ0n) is 19.8. The molecule has 8 nitrogen and oxygen atoms in total. The van der Waals surface area contributed by atoms with Crippen LogP contribution in [0.1, 0.15) is 35.6 Å². The number of carbonyl (C=O) groups is 2. The summed E-state index contributed by atoms with van der Waals surface area (Å²) in [6.07, 6.45) is 0. The summed E-state index contributed by atoms with van der Waals surface area (Å²) in [4.78, 5) is 30.4. The van der Waals surface area contributed by atoms with Gasteiger partial charge in [0.15, 0.2) is 0 Å². The highest BCUT2D eigenvalue weighted by Gasteiger charge is 2.42. The molecular weight excluding hydrogens is 456 g/mol. The number of imidazole rings is 1. The van der Waals surface area contributed by atoms with E-state index in [1.165, 1.54) is 0 Å². The van der Waals surface area contributed by atoms with Crippen molar-refractivity contribution < 1.29 is 19.1 Å². The zero-order valence-corrected chi connectivity index (χ0v) is 20.6. The summed E-state index contributed by atoms with van der Waals surface area (Å²) in [6, 6.07) is 7.24. The van der Waals surface area contributed by atoms with Crippen molar-refractivity contribution in [2.24, 2.45) is 0 Å². The van der Waals surface area contributed by atoms with Gasteiger partial charge in [0.1, 0.15) is 5.82 Å². The molecule has 0 fully saturated rings. The number of nitrogens with zero attached hydrogens (tertiary/aromatic N) is 2. The lowest BCUT2D eigenvalue weighted by molar-refractivity contribution is -0.138. The van der Waals surface area contributed by atoms with Crippen LogP contribution in [0.2, 0.25) is 5.02 Å². The van der Waals surface area contributed by atoms with Crippen LogP contribution >= 0.6 is 11.6 Å². The number of halogens is 1. The molecule has 1 amide bonds. The number of carbonyl (C=O) groups excluding carboxylic acids is 2. The van der Waals surface area contributed by atoms with Gasteiger partial charge in [0, 0.05) is 23.0 Å². The third-order valence-corrected chi connectivity index (χ3v) is 6.61. The molecule has 0 radical (unpaired) electrons. The van der Waals surface area contributed by atoms with Crippen molar-refractivity contribution in [2.75, 3.05) is 26.4 Å². The topological polar surface area (TPSA) is 94.5 Å². The first-order valence-corrected chi connectivity index (χ1v) is 11.7. The van der Waals surface area contributed by atoms with Crippen molar-refractivity contribution in [1.82, 2.24) is 20.2 Å². The van der Waals surface area contributed by atoms with Crippen LogP contribution in [-0.4, -0.2) is 47.8 Å². The highest BCUT2D eigenvalue weighted by Crippen LogP contribution is 2.42. The monoisotopic (exact) mass is 484 g/mol. The Hall–Kier alpha value is -3.10. The quantitative estimate of drug-likeness (QED) is 0.442. The Bertz CT molecular complexity index is 1200. The maximum absolute atomic E-state index is 13.2. The smallest absolute Gasteiger partial charge is 0.336 e. The van der Waals surface area contributed by atoms with Crippen LogP contribution in [0.15, 0.2) is 46.8 Å². The van der Waals surface area contributed by atoms with Crippen LogP contribution in [-0.2, 0) is 25.6 Å². The van der Waals surface area contributed by atoms with Crippen molar-refractivity contribution in [2.45, 2.75) is 40.2 Å². The molecule has 1 aromatic heterocycles. The fraction of sp³-hybridized carbons (Fsp3) is 0.400. The van der Waals surface area contributed by atoms with E-state index in [9.17, 15) is 9.59 Å². The molecule has 1 unspecified atom stereocenters. The Morgan fingerprint density at radius 3 is 2.71 bits per heavy atom. The highest BCUT2D eigenvalue weighted by molar-refractivity contribution is 6.31. The minimum absolute atomic E-state index is 0.159. The largest absolute Gasteiger partial charge is 0.463 e. The molecule has 2 aliphatic heterocycles. The summed E-state index contributed by atoms with van der Waals surface area (Å²) in [6.45, 7) is 9.53. The average molecular weight is 485 g/mol. The summed E-state index contributed by atoms with van der Waals surface area (Å²) in [5, 5.41) is 6.59. The maximum Gasteiger partial charge on any atom is 0.336 e. The molecule has 2 aromatic rings. The molecular formula is C25H29ClN4O4. The Labute approximate surface area is 204 Å². The number of nitrogens with one attached hydrogen (secondary N) is 2. The normalized spacial score (nSPS) is 17.6. The SMILES string of the molecule is CCOC(=O)C1=C(COCCn2c(C)nc(C)c2C)NC2=C(C(=O)NC2)C1c1ccccc1Cl. The molecule has 1 atom stereocenters. The average Bonchev–Trinajstić information content (AvgIpc) is 3.29. The molecule has 0 aliphatic carbocycles. The molecule has 34 heavy (non-hydrogen) atoms. The third kappa shape index (κ3) is 4.48. The maximum atomic E-state index is 13.2. The first-order chi connectivity index (χ1) is 16.3. The van der Waals surface area contributed by atoms with Gasteiger partial charge in [-0.05, 0) is 39.3 Å². The molecule has 180 valence electrons. The lowest BCUT2D eigenvalue weighted by Gasteiger charge is -2.30. The van der Waals surface area contributed by atoms with E-state index in [0.29, 0.717) is 47.1 Å². The van der Waals surface area contributed by atoms with Crippen LogP contribution in [0.3, 0.4) is 0 Å². The van der Waals surface area contributed by atoms with Gasteiger partial charge in [-0.25, -0.2) is 9.78 Å². The van der Waals surface area contributed by atoms with Gasteiger partial charge in [-0.2, -0.15) is 0 Å². The lowest BCUT2D eigenvalue weighted by atomic mass is 9.80. The number of dihydropyridines is 1. The second-order valence-corrected chi connectivity index (χ2v) is 8.71. The van der Waals surface area contributed by atoms with Gasteiger partial charge in [0.2, 0.25) is 5.91 Å². The van der Waals surface area contributed by atoms with Gasteiger partial charge >= 0.3 is 5.97 Å². The summed E-state index contributed by atoms with van der Waals surface area (Å²) in [5.74, 6) is -0.437. The number of aromatic nitrogens is 2. The second kappa shape index (κ2) is 10.0. The van der Waals surface area contributed by atoms with Gasteiger partial charge in [-0.1, -0.05) is 29.8 Å². The number of benzene rings is 1. The number of rotatable bonds is 8. The first-order valence-electron chi connectivity index (χ1n) is 11.3. The Morgan fingerprint density at radius 2 is 2.03 bits per heavy atom. The number of esters is 1. The van der Waals surface area contributed by atoms with Gasteiger partial charge < -0.3 is 24.7 Å². The number of aryl methyl sites for hydroxylation is 2. The van der Waals surface area contributed by atoms with Crippen molar-refractivity contribution in [3.8, 4) is 0 Å². The molecule has 0 saturated carbocycles. The van der Waals surface area contributed by atoms with E-state index in [2.05, 4.69) is 20.2 Å². The molecule has 0 bridgehead atoms. The Morgan fingerprint density at radius 1 is 1.26 bits per heavy atom. The van der Waals surface area contributed by atoms with Gasteiger partial charge in [0.05, 0.1) is 54.8 Å². The van der Waals surface area contributed by atoms with Crippen LogP contribution in [0, 0.1) is 20.8 Å². The lowest BCUT2D eigenvalue weighted by Crippen LogP contribution is -2.33. The number of amides is 1. The standard InChI is InChI=1S/C25H29ClN4O4/c1-5-34-25(32)23-20(13-33-11-10-30-15(3)14(2)28-16(30)4)29-19-12-27-24(31)22(19)21(23)17-8-6-7-9-18(17)26/h6-9,21,29H,5,10-13H2,1-4H3,(H,27,31). The van der Waals surface area contributed by atoms with E-state index in [4.69, 9.17) is 21.1 Å². The van der Waals surface area contributed by atoms with E-state index in [1.807, 2.05) is 39.0 Å². The van der Waals surface area contributed by atoms with Gasteiger partial charge in [0.25, 0.3) is 0 Å². The van der Waals surface area contributed by atoms with Crippen molar-refractivity contribution in [3.63, 3.8) is 0 Å². The minimum atomic E-state index is -0.647. The van der Waals surface area contributed by atoms with Crippen LogP contribution < -0.4 is 10.6 Å². The molecule has 2 aliphatic rings. The predicted molar refractivity (Wildman–Crippen MR) is 128 cm³/mol. The predicted octanol–water partition coefficient (Wildman–Crippen LogP) is 3.07. The molecule has 9 heteroatoms. The fourth-order valence-corrected chi connectivity index (χ4v) is 4.79. The second-order valence-electron chi connectivity index (χ2n) is 8.30. The molecule has 2 N–H and O–H groups in total. The van der Waals surface area contributed by atoms with Crippen molar-refractivity contribution >= 4 is 23.5 Å². The van der Waals surface area contributed by atoms with Gasteiger partial charge in [-0.15, -0.1) is 0 Å². The van der Waals surface area contributed by atoms with Crippen LogP contribution in [0.4, 0.5) is 0 Å². The zero-order chi connectivity index (χ0) is 24.4. The summed E-state index contributed by atoms with van der Waals surface area (Å²) >= 11 is 6.53. The van der Waals surface area contributed by atoms with Crippen molar-refractivity contribution in [3.05, 3.63) is 74.6 Å². The Balaban J connectivity index is 1.65. The molecule has 3 heterocycles. The molecule has 1 aromatic carbocycles. The number of hydrogen-bond donors (Lipinski definition) is 2. The third-order valence-electron chi connectivity index (χ3n) is 6.27. The van der Waals surface area contributed by atoms with E-state index in [-0.39, 0.29) is 19.1 Å². The summed E-state index contributed by atoms with van der Waals surface area (Å²) in [5.41, 5.74) is 4.91. The van der Waals surface area contributed by atoms with Crippen molar-refractivity contribution in [1.29, 1.82) is 0 Å². The first kappa shape index (κ1) is 24.0.